The van der Waals surface area contributed by atoms with Crippen LogP contribution in [0, 0.1) is 5.92 Å². The zero-order valence-corrected chi connectivity index (χ0v) is 22.2. The summed E-state index contributed by atoms with van der Waals surface area (Å²) in [6.07, 6.45) is 0.263. The van der Waals surface area contributed by atoms with Crippen LogP contribution >= 0.6 is 11.6 Å². The fraction of sp³-hybridized carbons (Fsp3) is 0.321. The Morgan fingerprint density at radius 2 is 1.84 bits per heavy atom. The number of ether oxygens (including phenoxy) is 4. The molecule has 0 saturated heterocycles. The molecule has 0 fully saturated rings. The van der Waals surface area contributed by atoms with Gasteiger partial charge in [0.1, 0.15) is 27.8 Å². The summed E-state index contributed by atoms with van der Waals surface area (Å²) < 4.78 is 22.1. The first kappa shape index (κ1) is 25.7. The molecule has 0 amide bonds. The highest BCUT2D eigenvalue weighted by molar-refractivity contribution is 6.36. The Bertz CT molecular complexity index is 1480. The first-order chi connectivity index (χ1) is 18.1. The average molecular weight is 540 g/mol. The fourth-order valence-electron chi connectivity index (χ4n) is 5.69. The van der Waals surface area contributed by atoms with E-state index in [0.29, 0.717) is 17.0 Å². The fourth-order valence-corrected chi connectivity index (χ4v) is 5.96. The number of phenolic OH excluding ortho intramolecular Hbond substituents is 1. The Kier molecular flexibility index (Phi) is 6.14. The summed E-state index contributed by atoms with van der Waals surface area (Å²) in [6, 6.07) is 7.76. The minimum Gasteiger partial charge on any atom is -0.508 e. The molecule has 2 heterocycles. The third-order valence-corrected chi connectivity index (χ3v) is 7.82. The number of ketones is 2. The van der Waals surface area contributed by atoms with E-state index < -0.39 is 35.0 Å². The van der Waals surface area contributed by atoms with Gasteiger partial charge in [0.05, 0.1) is 26.9 Å². The second-order valence-electron chi connectivity index (χ2n) is 9.48. The van der Waals surface area contributed by atoms with Crippen molar-refractivity contribution in [2.24, 2.45) is 5.92 Å². The number of hydrogen-bond donors (Lipinski definition) is 2. The average Bonchev–Trinajstić information content (AvgIpc) is 3.21. The SMILES string of the molecule is COC(=O)C1=C(C)NC2=C(C(=O)C3(Oc4c(Cl)c(OC)cc(OC)c4C3=O)C(C)C2)C1c1cccc(O)c1. The number of benzene rings is 2. The minimum atomic E-state index is -1.95. The third kappa shape index (κ3) is 3.41. The predicted molar refractivity (Wildman–Crippen MR) is 137 cm³/mol. The quantitative estimate of drug-likeness (QED) is 0.437. The van der Waals surface area contributed by atoms with Gasteiger partial charge in [-0.1, -0.05) is 30.7 Å². The van der Waals surface area contributed by atoms with Crippen molar-refractivity contribution < 1.29 is 38.4 Å². The number of esters is 1. The summed E-state index contributed by atoms with van der Waals surface area (Å²) in [4.78, 5) is 41.7. The Hall–Kier alpha value is -3.98. The van der Waals surface area contributed by atoms with Crippen LogP contribution < -0.4 is 19.5 Å². The molecule has 0 bridgehead atoms. The maximum Gasteiger partial charge on any atom is 0.336 e. The molecular weight excluding hydrogens is 514 g/mol. The molecule has 38 heavy (non-hydrogen) atoms. The molecule has 2 N–H and O–H groups in total. The minimum absolute atomic E-state index is 0.00899. The zero-order valence-electron chi connectivity index (χ0n) is 21.4. The largest absolute Gasteiger partial charge is 0.508 e. The molecule has 1 spiro atoms. The maximum absolute atomic E-state index is 14.6. The van der Waals surface area contributed by atoms with Gasteiger partial charge in [0, 0.05) is 34.9 Å². The maximum atomic E-state index is 14.6. The van der Waals surface area contributed by atoms with E-state index >= 15 is 0 Å². The first-order valence-corrected chi connectivity index (χ1v) is 12.3. The van der Waals surface area contributed by atoms with Gasteiger partial charge < -0.3 is 29.4 Å². The number of Topliss-reactive ketones (excluding diaryl/α,β-unsaturated/α-hetero) is 2. The number of nitrogens with one attached hydrogen (secondary N) is 1. The number of aromatic hydroxyl groups is 1. The molecule has 0 radical (unpaired) electrons. The molecule has 2 aromatic rings. The monoisotopic (exact) mass is 539 g/mol. The smallest absolute Gasteiger partial charge is 0.336 e. The predicted octanol–water partition coefficient (Wildman–Crippen LogP) is 4.07. The van der Waals surface area contributed by atoms with Crippen LogP contribution in [0.2, 0.25) is 5.02 Å². The highest BCUT2D eigenvalue weighted by Gasteiger charge is 2.63. The van der Waals surface area contributed by atoms with Crippen LogP contribution in [0.25, 0.3) is 0 Å². The van der Waals surface area contributed by atoms with Gasteiger partial charge in [-0.05, 0) is 31.0 Å². The number of phenols is 1. The van der Waals surface area contributed by atoms with E-state index in [1.165, 1.54) is 39.5 Å². The van der Waals surface area contributed by atoms with Crippen LogP contribution in [0.15, 0.2) is 52.9 Å². The normalized spacial score (nSPS) is 24.1. The molecule has 1 aliphatic carbocycles. The topological polar surface area (TPSA) is 120 Å². The Labute approximate surface area is 224 Å². The van der Waals surface area contributed by atoms with Crippen molar-refractivity contribution in [3.63, 3.8) is 0 Å². The molecule has 9 nitrogen and oxygen atoms in total. The van der Waals surface area contributed by atoms with Crippen LogP contribution in [0.1, 0.15) is 42.1 Å². The molecule has 3 unspecified atom stereocenters. The number of dihydropyridines is 1. The van der Waals surface area contributed by atoms with Gasteiger partial charge in [-0.2, -0.15) is 0 Å². The number of rotatable bonds is 4. The van der Waals surface area contributed by atoms with Gasteiger partial charge in [-0.25, -0.2) is 4.79 Å². The lowest BCUT2D eigenvalue weighted by Crippen LogP contribution is -2.58. The Balaban J connectivity index is 1.72. The number of fused-ring (bicyclic) bond motifs is 1. The number of halogens is 1. The zero-order chi connectivity index (χ0) is 27.5. The molecule has 10 heteroatoms. The molecule has 2 aromatic carbocycles. The van der Waals surface area contributed by atoms with Crippen molar-refractivity contribution in [2.75, 3.05) is 21.3 Å². The molecular formula is C28H26ClNO8. The Morgan fingerprint density at radius 3 is 2.47 bits per heavy atom. The number of carbonyl (C=O) groups is 3. The lowest BCUT2D eigenvalue weighted by Gasteiger charge is -2.42. The molecule has 0 aromatic heterocycles. The molecule has 0 saturated carbocycles. The Morgan fingerprint density at radius 1 is 1.13 bits per heavy atom. The standard InChI is InChI=1S/C28H26ClNO8/c1-12-9-16-21(20(14-7-6-8-15(31)10-14)19(13(2)30-16)27(34)37-5)25(32)28(12)26(33)22-17(35-3)11-18(36-4)23(29)24(22)38-28/h6-8,10-12,20,30-31H,9H2,1-5H3. The van der Waals surface area contributed by atoms with Crippen LogP contribution in [0.4, 0.5) is 0 Å². The van der Waals surface area contributed by atoms with Gasteiger partial charge in [0.2, 0.25) is 17.2 Å². The molecule has 198 valence electrons. The second-order valence-corrected chi connectivity index (χ2v) is 9.85. The van der Waals surface area contributed by atoms with Crippen LogP contribution in [-0.2, 0) is 14.3 Å². The van der Waals surface area contributed by atoms with Gasteiger partial charge >= 0.3 is 5.97 Å². The lowest BCUT2D eigenvalue weighted by atomic mass is 9.65. The number of carbonyl (C=O) groups excluding carboxylic acids is 3. The number of hydrogen-bond acceptors (Lipinski definition) is 9. The second kappa shape index (κ2) is 9.09. The van der Waals surface area contributed by atoms with Crippen LogP contribution in [-0.4, -0.2) is 49.6 Å². The number of allylic oxidation sites excluding steroid dienone is 2. The summed E-state index contributed by atoms with van der Waals surface area (Å²) >= 11 is 6.54. The van der Waals surface area contributed by atoms with E-state index in [2.05, 4.69) is 5.32 Å². The van der Waals surface area contributed by atoms with E-state index in [1.54, 1.807) is 26.0 Å². The lowest BCUT2D eigenvalue weighted by molar-refractivity contribution is -0.136. The van der Waals surface area contributed by atoms with Crippen LogP contribution in [0.5, 0.6) is 23.0 Å². The summed E-state index contributed by atoms with van der Waals surface area (Å²) in [5, 5.41) is 13.5. The molecule has 2 aliphatic heterocycles. The van der Waals surface area contributed by atoms with E-state index in [1.807, 2.05) is 0 Å². The van der Waals surface area contributed by atoms with Gasteiger partial charge in [0.25, 0.3) is 0 Å². The summed E-state index contributed by atoms with van der Waals surface area (Å²) in [7, 11) is 4.06. The van der Waals surface area contributed by atoms with E-state index in [-0.39, 0.29) is 51.2 Å². The summed E-state index contributed by atoms with van der Waals surface area (Å²) in [5.74, 6) is -3.01. The van der Waals surface area contributed by atoms with E-state index in [9.17, 15) is 19.5 Å². The van der Waals surface area contributed by atoms with Crippen molar-refractivity contribution in [1.29, 1.82) is 0 Å². The van der Waals surface area contributed by atoms with Gasteiger partial charge in [-0.15, -0.1) is 0 Å². The van der Waals surface area contributed by atoms with Crippen molar-refractivity contribution in [3.05, 3.63) is 69.0 Å². The molecule has 3 aliphatic rings. The summed E-state index contributed by atoms with van der Waals surface area (Å²) in [5.41, 5.74) is 0.0365. The molecule has 5 rings (SSSR count). The summed E-state index contributed by atoms with van der Waals surface area (Å²) in [6.45, 7) is 3.47. The van der Waals surface area contributed by atoms with Crippen molar-refractivity contribution in [2.45, 2.75) is 31.8 Å². The van der Waals surface area contributed by atoms with Crippen molar-refractivity contribution >= 4 is 29.1 Å². The van der Waals surface area contributed by atoms with Crippen LogP contribution in [0.3, 0.4) is 0 Å². The van der Waals surface area contributed by atoms with Gasteiger partial charge in [-0.3, -0.25) is 9.59 Å². The number of methoxy groups -OCH3 is 3. The van der Waals surface area contributed by atoms with Gasteiger partial charge in [0.15, 0.2) is 5.75 Å². The van der Waals surface area contributed by atoms with E-state index in [4.69, 9.17) is 30.5 Å². The van der Waals surface area contributed by atoms with E-state index in [0.717, 1.165) is 0 Å². The highest BCUT2D eigenvalue weighted by atomic mass is 35.5. The molecule has 3 atom stereocenters. The van der Waals surface area contributed by atoms with Crippen molar-refractivity contribution in [3.8, 4) is 23.0 Å². The highest BCUT2D eigenvalue weighted by Crippen LogP contribution is 2.56. The third-order valence-electron chi connectivity index (χ3n) is 7.46. The van der Waals surface area contributed by atoms with Crippen molar-refractivity contribution in [1.82, 2.24) is 5.32 Å². The first-order valence-electron chi connectivity index (χ1n) is 11.9.